The number of hydrogen-bond donors (Lipinski definition) is 1. The number of hydrogen-bond acceptors (Lipinski definition) is 4. The topological polar surface area (TPSA) is 63.0 Å². The molecule has 3 heterocycles. The van der Waals surface area contributed by atoms with E-state index in [9.17, 15) is 4.79 Å². The van der Waals surface area contributed by atoms with E-state index in [0.29, 0.717) is 6.42 Å². The molecule has 0 saturated heterocycles. The third kappa shape index (κ3) is 2.51. The zero-order valence-corrected chi connectivity index (χ0v) is 13.3. The Hall–Kier alpha value is -1.95. The number of aryl methyl sites for hydroxylation is 3. The van der Waals surface area contributed by atoms with E-state index >= 15 is 0 Å². The van der Waals surface area contributed by atoms with Crippen LogP contribution in [0.1, 0.15) is 41.5 Å². The average Bonchev–Trinajstić information content (AvgIpc) is 3.02. The third-order valence-electron chi connectivity index (χ3n) is 3.59. The smallest absolute Gasteiger partial charge is 0.272 e. The number of aromatic nitrogens is 4. The van der Waals surface area contributed by atoms with Crippen LogP contribution in [-0.2, 0) is 19.3 Å². The molecular formula is C15H18N4OS. The lowest BCUT2D eigenvalue weighted by molar-refractivity contribution is 0.844. The molecule has 0 unspecified atom stereocenters. The molecule has 3 rings (SSSR count). The van der Waals surface area contributed by atoms with Crippen molar-refractivity contribution in [3.05, 3.63) is 49.5 Å². The van der Waals surface area contributed by atoms with Crippen molar-refractivity contribution in [1.29, 1.82) is 0 Å². The molecule has 21 heavy (non-hydrogen) atoms. The summed E-state index contributed by atoms with van der Waals surface area (Å²) in [7, 11) is 0. The molecule has 0 fully saturated rings. The number of thiazole rings is 1. The number of H-pyrrole nitrogens is 1. The molecule has 0 bridgehead atoms. The summed E-state index contributed by atoms with van der Waals surface area (Å²) in [6.07, 6.45) is 2.33. The maximum Gasteiger partial charge on any atom is 0.272 e. The Labute approximate surface area is 126 Å². The van der Waals surface area contributed by atoms with Gasteiger partial charge in [-0.3, -0.25) is 9.89 Å². The Bertz CT molecular complexity index is 843. The molecule has 0 aromatic carbocycles. The first-order chi connectivity index (χ1) is 10.1. The predicted molar refractivity (Wildman–Crippen MR) is 84.2 cm³/mol. The van der Waals surface area contributed by atoms with Crippen molar-refractivity contribution in [2.24, 2.45) is 0 Å². The quantitative estimate of drug-likeness (QED) is 0.805. The normalized spacial score (nSPS) is 11.4. The second kappa shape index (κ2) is 5.44. The van der Waals surface area contributed by atoms with Gasteiger partial charge in [0.1, 0.15) is 0 Å². The third-order valence-corrected chi connectivity index (χ3v) is 4.41. The van der Waals surface area contributed by atoms with Gasteiger partial charge in [0.15, 0.2) is 5.65 Å². The molecule has 6 heteroatoms. The van der Waals surface area contributed by atoms with Gasteiger partial charge in [-0.1, -0.05) is 13.8 Å². The molecule has 110 valence electrons. The van der Waals surface area contributed by atoms with Gasteiger partial charge in [0, 0.05) is 29.1 Å². The van der Waals surface area contributed by atoms with E-state index in [-0.39, 0.29) is 5.56 Å². The molecule has 0 aliphatic rings. The number of rotatable bonds is 4. The van der Waals surface area contributed by atoms with Crippen LogP contribution in [0.3, 0.4) is 0 Å². The largest absolute Gasteiger partial charge is 0.293 e. The highest BCUT2D eigenvalue weighted by molar-refractivity contribution is 7.09. The fraction of sp³-hybridized carbons (Fsp3) is 0.400. The maximum atomic E-state index is 12.3. The highest BCUT2D eigenvalue weighted by Crippen LogP contribution is 2.16. The SMILES string of the molecule is CCc1[nH]n2c(=O)cc(Cc3csc(C)n3)nc2c1CC. The lowest BCUT2D eigenvalue weighted by Gasteiger charge is -2.00. The van der Waals surface area contributed by atoms with Gasteiger partial charge in [-0.15, -0.1) is 11.3 Å². The van der Waals surface area contributed by atoms with Gasteiger partial charge in [-0.05, 0) is 19.8 Å². The summed E-state index contributed by atoms with van der Waals surface area (Å²) in [6.45, 7) is 6.15. The van der Waals surface area contributed by atoms with Crippen LogP contribution < -0.4 is 5.56 Å². The summed E-state index contributed by atoms with van der Waals surface area (Å²) in [5, 5.41) is 6.21. The molecular weight excluding hydrogens is 284 g/mol. The van der Waals surface area contributed by atoms with Crippen LogP contribution in [0.25, 0.3) is 5.65 Å². The molecule has 0 saturated carbocycles. The second-order valence-corrected chi connectivity index (χ2v) is 6.12. The summed E-state index contributed by atoms with van der Waals surface area (Å²) in [5.74, 6) is 0. The molecule has 3 aromatic rings. The molecule has 0 aliphatic heterocycles. The maximum absolute atomic E-state index is 12.3. The number of nitrogens with zero attached hydrogens (tertiary/aromatic N) is 3. The van der Waals surface area contributed by atoms with E-state index in [4.69, 9.17) is 0 Å². The number of aromatic amines is 1. The zero-order valence-electron chi connectivity index (χ0n) is 12.4. The van der Waals surface area contributed by atoms with Crippen LogP contribution in [-0.4, -0.2) is 19.6 Å². The summed E-state index contributed by atoms with van der Waals surface area (Å²) in [6, 6.07) is 1.59. The van der Waals surface area contributed by atoms with E-state index in [2.05, 4.69) is 28.9 Å². The Morgan fingerprint density at radius 1 is 1.24 bits per heavy atom. The molecule has 0 amide bonds. The standard InChI is InChI=1S/C15H18N4OS/c1-4-12-13(5-2)18-19-14(20)7-10(17-15(12)19)6-11-8-21-9(3)16-11/h7-8,18H,4-6H2,1-3H3. The van der Waals surface area contributed by atoms with E-state index in [0.717, 1.165) is 46.1 Å². The van der Waals surface area contributed by atoms with Crippen molar-refractivity contribution in [3.63, 3.8) is 0 Å². The second-order valence-electron chi connectivity index (χ2n) is 5.06. The number of nitrogens with one attached hydrogen (secondary N) is 1. The van der Waals surface area contributed by atoms with E-state index in [1.54, 1.807) is 21.9 Å². The first kappa shape index (κ1) is 14.0. The van der Waals surface area contributed by atoms with Gasteiger partial charge in [0.05, 0.1) is 16.4 Å². The average molecular weight is 302 g/mol. The first-order valence-corrected chi connectivity index (χ1v) is 8.03. The van der Waals surface area contributed by atoms with E-state index < -0.39 is 0 Å². The van der Waals surface area contributed by atoms with Gasteiger partial charge in [0.25, 0.3) is 5.56 Å². The number of fused-ring (bicyclic) bond motifs is 1. The Kier molecular flexibility index (Phi) is 3.63. The minimum atomic E-state index is -0.0589. The van der Waals surface area contributed by atoms with Crippen molar-refractivity contribution in [2.75, 3.05) is 0 Å². The van der Waals surface area contributed by atoms with Crippen molar-refractivity contribution >= 4 is 17.0 Å². The lowest BCUT2D eigenvalue weighted by atomic mass is 10.1. The zero-order chi connectivity index (χ0) is 15.0. The molecule has 0 radical (unpaired) electrons. The molecule has 1 N–H and O–H groups in total. The van der Waals surface area contributed by atoms with Gasteiger partial charge in [-0.25, -0.2) is 14.5 Å². The predicted octanol–water partition coefficient (Wildman–Crippen LogP) is 2.50. The Balaban J connectivity index is 2.11. The van der Waals surface area contributed by atoms with E-state index in [1.165, 1.54) is 0 Å². The minimum Gasteiger partial charge on any atom is -0.293 e. The van der Waals surface area contributed by atoms with Crippen LogP contribution in [0.2, 0.25) is 0 Å². The highest BCUT2D eigenvalue weighted by atomic mass is 32.1. The van der Waals surface area contributed by atoms with Crippen molar-refractivity contribution in [3.8, 4) is 0 Å². The fourth-order valence-corrected chi connectivity index (χ4v) is 3.22. The van der Waals surface area contributed by atoms with Crippen molar-refractivity contribution in [1.82, 2.24) is 19.6 Å². The monoisotopic (exact) mass is 302 g/mol. The first-order valence-electron chi connectivity index (χ1n) is 7.15. The van der Waals surface area contributed by atoms with Gasteiger partial charge in [0.2, 0.25) is 0 Å². The van der Waals surface area contributed by atoms with Crippen LogP contribution >= 0.6 is 11.3 Å². The summed E-state index contributed by atoms with van der Waals surface area (Å²) >= 11 is 1.62. The molecule has 0 aliphatic carbocycles. The van der Waals surface area contributed by atoms with Gasteiger partial charge < -0.3 is 0 Å². The molecule has 0 atom stereocenters. The minimum absolute atomic E-state index is 0.0589. The Morgan fingerprint density at radius 2 is 2.05 bits per heavy atom. The summed E-state index contributed by atoms with van der Waals surface area (Å²) < 4.78 is 1.55. The lowest BCUT2D eigenvalue weighted by Crippen LogP contribution is -2.16. The summed E-state index contributed by atoms with van der Waals surface area (Å²) in [5.41, 5.74) is 4.66. The molecule has 0 spiro atoms. The van der Waals surface area contributed by atoms with Crippen LogP contribution in [0.4, 0.5) is 0 Å². The van der Waals surface area contributed by atoms with Crippen molar-refractivity contribution < 1.29 is 0 Å². The molecule has 3 aromatic heterocycles. The summed E-state index contributed by atoms with van der Waals surface area (Å²) in [4.78, 5) is 21.4. The van der Waals surface area contributed by atoms with Gasteiger partial charge >= 0.3 is 0 Å². The Morgan fingerprint density at radius 3 is 2.67 bits per heavy atom. The van der Waals surface area contributed by atoms with Gasteiger partial charge in [-0.2, -0.15) is 0 Å². The van der Waals surface area contributed by atoms with Crippen molar-refractivity contribution in [2.45, 2.75) is 40.0 Å². The van der Waals surface area contributed by atoms with E-state index in [1.807, 2.05) is 12.3 Å². The van der Waals surface area contributed by atoms with Crippen LogP contribution in [0, 0.1) is 6.92 Å². The highest BCUT2D eigenvalue weighted by Gasteiger charge is 2.13. The van der Waals surface area contributed by atoms with Crippen LogP contribution in [0.5, 0.6) is 0 Å². The fourth-order valence-electron chi connectivity index (χ4n) is 2.61. The molecule has 5 nitrogen and oxygen atoms in total. The van der Waals surface area contributed by atoms with Crippen LogP contribution in [0.15, 0.2) is 16.2 Å².